The van der Waals surface area contributed by atoms with Crippen LogP contribution < -0.4 is 5.32 Å². The number of carbonyl (C=O) groups is 1. The molecule has 4 nitrogen and oxygen atoms in total. The molecule has 2 rings (SSSR count). The maximum atomic E-state index is 13.4. The number of nitrogens with zero attached hydrogens (tertiary/aromatic N) is 1. The van der Waals surface area contributed by atoms with Gasteiger partial charge in [-0.15, -0.1) is 0 Å². The Labute approximate surface area is 110 Å². The van der Waals surface area contributed by atoms with Crippen molar-refractivity contribution in [2.75, 3.05) is 18.4 Å². The maximum absolute atomic E-state index is 13.4. The number of benzene rings is 1. The van der Waals surface area contributed by atoms with Gasteiger partial charge in [-0.1, -0.05) is 0 Å². The quantitative estimate of drug-likeness (QED) is 0.872. The van der Waals surface area contributed by atoms with Gasteiger partial charge in [-0.2, -0.15) is 0 Å². The topological polar surface area (TPSA) is 52.6 Å². The molecule has 1 amide bonds. The molecule has 1 aliphatic heterocycles. The number of halogens is 2. The van der Waals surface area contributed by atoms with E-state index in [0.717, 1.165) is 18.2 Å². The molecule has 0 bridgehead atoms. The number of aliphatic hydroxyl groups is 1. The molecule has 0 saturated carbocycles. The fraction of sp³-hybridized carbons (Fsp3) is 0.462. The molecule has 1 aliphatic rings. The molecule has 2 atom stereocenters. The number of anilines is 1. The van der Waals surface area contributed by atoms with Crippen LogP contribution in [0.3, 0.4) is 0 Å². The number of hydrogen-bond acceptors (Lipinski definition) is 3. The molecule has 104 valence electrons. The third-order valence-corrected chi connectivity index (χ3v) is 3.31. The normalized spacial score (nSPS) is 21.4. The Hall–Kier alpha value is -1.53. The van der Waals surface area contributed by atoms with Crippen LogP contribution in [0, 0.1) is 11.6 Å². The highest BCUT2D eigenvalue weighted by Gasteiger charge is 2.28. The van der Waals surface area contributed by atoms with E-state index in [1.807, 2.05) is 0 Å². The average molecular weight is 270 g/mol. The maximum Gasteiger partial charge on any atom is 0.241 e. The number of hydrogen-bond donors (Lipinski definition) is 2. The van der Waals surface area contributed by atoms with Gasteiger partial charge in [-0.3, -0.25) is 9.69 Å². The summed E-state index contributed by atoms with van der Waals surface area (Å²) >= 11 is 0. The summed E-state index contributed by atoms with van der Waals surface area (Å²) in [6, 6.07) is 2.40. The van der Waals surface area contributed by atoms with E-state index in [-0.39, 0.29) is 5.69 Å². The summed E-state index contributed by atoms with van der Waals surface area (Å²) < 4.78 is 26.4. The van der Waals surface area contributed by atoms with E-state index in [9.17, 15) is 18.7 Å². The van der Waals surface area contributed by atoms with Crippen LogP contribution in [0.15, 0.2) is 18.2 Å². The van der Waals surface area contributed by atoms with E-state index in [1.54, 1.807) is 11.8 Å². The molecular weight excluding hydrogens is 254 g/mol. The highest BCUT2D eigenvalue weighted by molar-refractivity contribution is 5.94. The second kappa shape index (κ2) is 5.63. The Morgan fingerprint density at radius 2 is 2.26 bits per heavy atom. The summed E-state index contributed by atoms with van der Waals surface area (Å²) in [5.74, 6) is -1.71. The second-order valence-electron chi connectivity index (χ2n) is 4.73. The van der Waals surface area contributed by atoms with Crippen molar-refractivity contribution in [3.63, 3.8) is 0 Å². The first-order chi connectivity index (χ1) is 8.97. The van der Waals surface area contributed by atoms with Crippen molar-refractivity contribution >= 4 is 11.6 Å². The second-order valence-corrected chi connectivity index (χ2v) is 4.73. The van der Waals surface area contributed by atoms with Crippen LogP contribution in [-0.4, -0.2) is 41.1 Å². The van der Waals surface area contributed by atoms with E-state index in [4.69, 9.17) is 0 Å². The van der Waals surface area contributed by atoms with Crippen molar-refractivity contribution in [1.82, 2.24) is 4.90 Å². The number of nitrogens with one attached hydrogen (secondary N) is 1. The number of aliphatic hydroxyl groups excluding tert-OH is 1. The molecule has 0 aliphatic carbocycles. The van der Waals surface area contributed by atoms with Crippen LogP contribution in [0.25, 0.3) is 0 Å². The number of carbonyl (C=O) groups excluding carboxylic acids is 1. The van der Waals surface area contributed by atoms with Crippen LogP contribution in [0.5, 0.6) is 0 Å². The minimum Gasteiger partial charge on any atom is -0.392 e. The minimum atomic E-state index is -0.677. The highest BCUT2D eigenvalue weighted by atomic mass is 19.1. The van der Waals surface area contributed by atoms with Gasteiger partial charge in [-0.05, 0) is 25.5 Å². The lowest BCUT2D eigenvalue weighted by atomic mass is 10.2. The zero-order valence-electron chi connectivity index (χ0n) is 10.6. The predicted molar refractivity (Wildman–Crippen MR) is 66.6 cm³/mol. The zero-order chi connectivity index (χ0) is 14.0. The van der Waals surface area contributed by atoms with Crippen molar-refractivity contribution in [3.8, 4) is 0 Å². The fourth-order valence-electron chi connectivity index (χ4n) is 2.12. The van der Waals surface area contributed by atoms with Gasteiger partial charge in [0, 0.05) is 19.2 Å². The predicted octanol–water partition coefficient (Wildman–Crippen LogP) is 1.36. The van der Waals surface area contributed by atoms with E-state index < -0.39 is 29.7 Å². The Balaban J connectivity index is 2.02. The molecule has 0 aromatic heterocycles. The van der Waals surface area contributed by atoms with Gasteiger partial charge in [0.1, 0.15) is 11.6 Å². The first-order valence-corrected chi connectivity index (χ1v) is 6.15. The third-order valence-electron chi connectivity index (χ3n) is 3.31. The smallest absolute Gasteiger partial charge is 0.241 e. The van der Waals surface area contributed by atoms with Gasteiger partial charge in [-0.25, -0.2) is 8.78 Å². The standard InChI is InChI=1S/C13H16F2N2O2/c1-8(17-5-4-10(18)7-17)13(19)16-12-6-9(14)2-3-11(12)15/h2-3,6,8,10,18H,4-5,7H2,1H3,(H,16,19)/t8?,10-/m0/s1. The zero-order valence-corrected chi connectivity index (χ0v) is 10.6. The first kappa shape index (κ1) is 13.9. The van der Waals surface area contributed by atoms with Crippen LogP contribution in [0.1, 0.15) is 13.3 Å². The highest BCUT2D eigenvalue weighted by Crippen LogP contribution is 2.18. The Morgan fingerprint density at radius 1 is 1.53 bits per heavy atom. The number of likely N-dealkylation sites (tertiary alicyclic amines) is 1. The van der Waals surface area contributed by atoms with Gasteiger partial charge in [0.05, 0.1) is 17.8 Å². The summed E-state index contributed by atoms with van der Waals surface area (Å²) in [5, 5.41) is 11.8. The largest absolute Gasteiger partial charge is 0.392 e. The van der Waals surface area contributed by atoms with Gasteiger partial charge in [0.2, 0.25) is 5.91 Å². The third kappa shape index (κ3) is 3.27. The van der Waals surface area contributed by atoms with Crippen molar-refractivity contribution in [1.29, 1.82) is 0 Å². The fourth-order valence-corrected chi connectivity index (χ4v) is 2.12. The van der Waals surface area contributed by atoms with Crippen molar-refractivity contribution in [2.24, 2.45) is 0 Å². The summed E-state index contributed by atoms with van der Waals surface area (Å²) in [5.41, 5.74) is -0.170. The van der Waals surface area contributed by atoms with Gasteiger partial charge in [0.15, 0.2) is 0 Å². The van der Waals surface area contributed by atoms with Crippen LogP contribution in [0.2, 0.25) is 0 Å². The van der Waals surface area contributed by atoms with Crippen LogP contribution in [-0.2, 0) is 4.79 Å². The first-order valence-electron chi connectivity index (χ1n) is 6.15. The number of amides is 1. The van der Waals surface area contributed by atoms with Crippen molar-refractivity contribution in [2.45, 2.75) is 25.5 Å². The number of β-amino-alcohol motifs (C(OH)–C–C–N with tert-alkyl or cyclic N) is 1. The van der Waals surface area contributed by atoms with Gasteiger partial charge < -0.3 is 10.4 Å². The molecule has 1 aromatic carbocycles. The summed E-state index contributed by atoms with van der Waals surface area (Å²) in [7, 11) is 0. The molecule has 1 saturated heterocycles. The van der Waals surface area contributed by atoms with E-state index in [1.165, 1.54) is 0 Å². The lowest BCUT2D eigenvalue weighted by molar-refractivity contribution is -0.120. The van der Waals surface area contributed by atoms with Crippen LogP contribution >= 0.6 is 0 Å². The van der Waals surface area contributed by atoms with E-state index in [0.29, 0.717) is 19.5 Å². The molecule has 2 N–H and O–H groups in total. The monoisotopic (exact) mass is 270 g/mol. The van der Waals surface area contributed by atoms with Gasteiger partial charge in [0.25, 0.3) is 0 Å². The number of rotatable bonds is 3. The molecule has 6 heteroatoms. The van der Waals surface area contributed by atoms with Crippen molar-refractivity contribution in [3.05, 3.63) is 29.8 Å². The van der Waals surface area contributed by atoms with Crippen molar-refractivity contribution < 1.29 is 18.7 Å². The molecule has 19 heavy (non-hydrogen) atoms. The molecule has 0 spiro atoms. The van der Waals surface area contributed by atoms with Crippen LogP contribution in [0.4, 0.5) is 14.5 Å². The lowest BCUT2D eigenvalue weighted by Gasteiger charge is -2.22. The lowest BCUT2D eigenvalue weighted by Crippen LogP contribution is -2.41. The Bertz CT molecular complexity index is 482. The summed E-state index contributed by atoms with van der Waals surface area (Å²) in [6.45, 7) is 2.70. The molecule has 1 aromatic rings. The Morgan fingerprint density at radius 3 is 2.89 bits per heavy atom. The average Bonchev–Trinajstić information content (AvgIpc) is 2.79. The molecule has 0 radical (unpaired) electrons. The molecular formula is C13H16F2N2O2. The van der Waals surface area contributed by atoms with Gasteiger partial charge >= 0.3 is 0 Å². The molecule has 1 heterocycles. The van der Waals surface area contributed by atoms with E-state index in [2.05, 4.69) is 5.32 Å². The summed E-state index contributed by atoms with van der Waals surface area (Å²) in [4.78, 5) is 13.7. The Kier molecular flexibility index (Phi) is 4.11. The molecule has 1 fully saturated rings. The molecule has 1 unspecified atom stereocenters. The SMILES string of the molecule is CC(C(=O)Nc1cc(F)ccc1F)N1CC[C@H](O)C1. The summed E-state index contributed by atoms with van der Waals surface area (Å²) in [6.07, 6.45) is 0.188. The van der Waals surface area contributed by atoms with E-state index >= 15 is 0 Å². The minimum absolute atomic E-state index is 0.170.